The van der Waals surface area contributed by atoms with Crippen LogP contribution in [-0.2, 0) is 9.53 Å². The third-order valence-electron chi connectivity index (χ3n) is 3.57. The molecular formula is C13H20F6O3. The molecule has 1 atom stereocenters. The molecule has 0 heterocycles. The molecule has 0 aromatic carbocycles. The van der Waals surface area contributed by atoms with Gasteiger partial charge in [-0.05, 0) is 26.7 Å². The highest BCUT2D eigenvalue weighted by Gasteiger charge is 2.75. The summed E-state index contributed by atoms with van der Waals surface area (Å²) in [5.41, 5.74) is -6.36. The SMILES string of the molecule is CCCC(OC(=O)C(C)(C)CC)C(O)(C(F)(F)F)C(F)(F)F. The van der Waals surface area contributed by atoms with Gasteiger partial charge in [-0.1, -0.05) is 20.3 Å². The van der Waals surface area contributed by atoms with E-state index in [4.69, 9.17) is 0 Å². The molecule has 0 saturated heterocycles. The van der Waals surface area contributed by atoms with Crippen LogP contribution in [0.25, 0.3) is 0 Å². The Labute approximate surface area is 124 Å². The quantitative estimate of drug-likeness (QED) is 0.588. The van der Waals surface area contributed by atoms with Gasteiger partial charge < -0.3 is 9.84 Å². The van der Waals surface area contributed by atoms with Crippen LogP contribution in [0.2, 0.25) is 0 Å². The van der Waals surface area contributed by atoms with Gasteiger partial charge in [-0.15, -0.1) is 0 Å². The van der Waals surface area contributed by atoms with Gasteiger partial charge in [0.05, 0.1) is 5.41 Å². The number of carbonyl (C=O) groups is 1. The van der Waals surface area contributed by atoms with Crippen LogP contribution in [-0.4, -0.2) is 35.1 Å². The number of hydrogen-bond donors (Lipinski definition) is 1. The van der Waals surface area contributed by atoms with E-state index in [0.29, 0.717) is 0 Å². The Bertz CT molecular complexity index is 372. The summed E-state index contributed by atoms with van der Waals surface area (Å²) in [6, 6.07) is 0. The molecule has 0 radical (unpaired) electrons. The highest BCUT2D eigenvalue weighted by molar-refractivity contribution is 5.76. The molecule has 0 bridgehead atoms. The zero-order valence-electron chi connectivity index (χ0n) is 12.7. The van der Waals surface area contributed by atoms with Crippen LogP contribution in [0.5, 0.6) is 0 Å². The number of aliphatic hydroxyl groups is 1. The number of ether oxygens (including phenoxy) is 1. The van der Waals surface area contributed by atoms with Crippen molar-refractivity contribution in [3.05, 3.63) is 0 Å². The molecule has 0 saturated carbocycles. The zero-order valence-corrected chi connectivity index (χ0v) is 12.7. The highest BCUT2D eigenvalue weighted by Crippen LogP contribution is 2.47. The first kappa shape index (κ1) is 21.0. The Balaban J connectivity index is 5.76. The Morgan fingerprint density at radius 1 is 1.05 bits per heavy atom. The molecule has 1 N–H and O–H groups in total. The number of esters is 1. The summed E-state index contributed by atoms with van der Waals surface area (Å²) in [5, 5.41) is 9.34. The summed E-state index contributed by atoms with van der Waals surface area (Å²) in [4.78, 5) is 11.8. The summed E-state index contributed by atoms with van der Waals surface area (Å²) in [7, 11) is 0. The Morgan fingerprint density at radius 2 is 1.45 bits per heavy atom. The van der Waals surface area contributed by atoms with Gasteiger partial charge in [-0.2, -0.15) is 26.3 Å². The van der Waals surface area contributed by atoms with Crippen LogP contribution in [0, 0.1) is 5.41 Å². The van der Waals surface area contributed by atoms with E-state index in [1.807, 2.05) is 0 Å². The minimum absolute atomic E-state index is 0.140. The van der Waals surface area contributed by atoms with Crippen LogP contribution in [0.15, 0.2) is 0 Å². The Morgan fingerprint density at radius 3 is 1.73 bits per heavy atom. The minimum atomic E-state index is -6.03. The van der Waals surface area contributed by atoms with Crippen molar-refractivity contribution in [3.63, 3.8) is 0 Å². The summed E-state index contributed by atoms with van der Waals surface area (Å²) in [6.07, 6.45) is -15.6. The lowest BCUT2D eigenvalue weighted by molar-refractivity contribution is -0.392. The maximum atomic E-state index is 12.8. The van der Waals surface area contributed by atoms with E-state index in [0.717, 1.165) is 0 Å². The second-order valence-electron chi connectivity index (χ2n) is 5.68. The van der Waals surface area contributed by atoms with Gasteiger partial charge in [0.15, 0.2) is 0 Å². The van der Waals surface area contributed by atoms with Crippen LogP contribution in [0.1, 0.15) is 47.0 Å². The molecule has 0 aromatic heterocycles. The van der Waals surface area contributed by atoms with Gasteiger partial charge in [-0.3, -0.25) is 4.79 Å². The first-order valence-electron chi connectivity index (χ1n) is 6.72. The standard InChI is InChI=1S/C13H20F6O3/c1-5-7-8(22-9(20)10(3,4)6-2)11(21,12(14,15)16)13(17,18)19/h8,21H,5-7H2,1-4H3. The van der Waals surface area contributed by atoms with Crippen LogP contribution in [0.4, 0.5) is 26.3 Å². The van der Waals surface area contributed by atoms with E-state index in [-0.39, 0.29) is 12.8 Å². The summed E-state index contributed by atoms with van der Waals surface area (Å²) in [6.45, 7) is 5.52. The van der Waals surface area contributed by atoms with Gasteiger partial charge in [0.25, 0.3) is 5.60 Å². The lowest BCUT2D eigenvalue weighted by Gasteiger charge is -2.39. The van der Waals surface area contributed by atoms with Crippen molar-refractivity contribution < 1.29 is 41.0 Å². The molecule has 0 aromatic rings. The maximum Gasteiger partial charge on any atom is 0.430 e. The number of rotatable bonds is 6. The Kier molecular flexibility index (Phi) is 6.34. The van der Waals surface area contributed by atoms with E-state index in [2.05, 4.69) is 4.74 Å². The van der Waals surface area contributed by atoms with Crippen molar-refractivity contribution in [2.45, 2.75) is 71.0 Å². The third kappa shape index (κ3) is 4.05. The molecule has 1 unspecified atom stereocenters. The summed E-state index contributed by atoms with van der Waals surface area (Å²) >= 11 is 0. The molecule has 0 aliphatic rings. The summed E-state index contributed by atoms with van der Waals surface area (Å²) < 4.78 is 81.5. The van der Waals surface area contributed by atoms with Crippen LogP contribution in [0.3, 0.4) is 0 Å². The van der Waals surface area contributed by atoms with Gasteiger partial charge in [0.1, 0.15) is 6.10 Å². The number of halogens is 6. The predicted octanol–water partition coefficient (Wildman–Crippen LogP) is 3.99. The average Bonchev–Trinajstić information content (AvgIpc) is 2.34. The normalized spacial score (nSPS) is 15.6. The lowest BCUT2D eigenvalue weighted by Crippen LogP contribution is -2.65. The van der Waals surface area contributed by atoms with Crippen molar-refractivity contribution in [1.82, 2.24) is 0 Å². The van der Waals surface area contributed by atoms with Gasteiger partial charge in [0, 0.05) is 0 Å². The van der Waals surface area contributed by atoms with Crippen molar-refractivity contribution in [2.24, 2.45) is 5.41 Å². The fourth-order valence-electron chi connectivity index (χ4n) is 1.57. The smallest absolute Gasteiger partial charge is 0.430 e. The molecule has 0 rings (SSSR count). The van der Waals surface area contributed by atoms with Gasteiger partial charge in [0.2, 0.25) is 0 Å². The lowest BCUT2D eigenvalue weighted by atomic mass is 9.88. The van der Waals surface area contributed by atoms with E-state index in [1.54, 1.807) is 0 Å². The first-order chi connectivity index (χ1) is 9.65. The van der Waals surface area contributed by atoms with Crippen molar-refractivity contribution >= 4 is 5.97 Å². The monoisotopic (exact) mass is 338 g/mol. The molecule has 0 aliphatic carbocycles. The predicted molar refractivity (Wildman–Crippen MR) is 65.9 cm³/mol. The number of carbonyl (C=O) groups excluding carboxylic acids is 1. The molecular weight excluding hydrogens is 318 g/mol. The zero-order chi connectivity index (χ0) is 18.0. The first-order valence-corrected chi connectivity index (χ1v) is 6.72. The molecule has 132 valence electrons. The van der Waals surface area contributed by atoms with E-state index in [1.165, 1.54) is 27.7 Å². The Hall–Kier alpha value is -0.990. The van der Waals surface area contributed by atoms with Gasteiger partial charge in [-0.25, -0.2) is 0 Å². The largest absolute Gasteiger partial charge is 0.458 e. The molecule has 0 fully saturated rings. The molecule has 22 heavy (non-hydrogen) atoms. The van der Waals surface area contributed by atoms with Crippen molar-refractivity contribution in [3.8, 4) is 0 Å². The highest BCUT2D eigenvalue weighted by atomic mass is 19.4. The van der Waals surface area contributed by atoms with E-state index >= 15 is 0 Å². The van der Waals surface area contributed by atoms with E-state index < -0.39 is 41.9 Å². The van der Waals surface area contributed by atoms with Crippen molar-refractivity contribution in [2.75, 3.05) is 0 Å². The molecule has 0 spiro atoms. The van der Waals surface area contributed by atoms with E-state index in [9.17, 15) is 36.2 Å². The minimum Gasteiger partial charge on any atom is -0.458 e. The summed E-state index contributed by atoms with van der Waals surface area (Å²) in [5.74, 6) is -1.22. The fourth-order valence-corrected chi connectivity index (χ4v) is 1.57. The molecule has 0 amide bonds. The topological polar surface area (TPSA) is 46.5 Å². The van der Waals surface area contributed by atoms with Crippen LogP contribution < -0.4 is 0 Å². The molecule has 3 nitrogen and oxygen atoms in total. The van der Waals surface area contributed by atoms with Gasteiger partial charge >= 0.3 is 18.3 Å². The fraction of sp³-hybridized carbons (Fsp3) is 0.923. The number of hydrogen-bond acceptors (Lipinski definition) is 3. The average molecular weight is 338 g/mol. The van der Waals surface area contributed by atoms with Crippen LogP contribution >= 0.6 is 0 Å². The van der Waals surface area contributed by atoms with Crippen molar-refractivity contribution in [1.29, 1.82) is 0 Å². The molecule has 0 aliphatic heterocycles. The number of alkyl halides is 6. The molecule has 9 heteroatoms. The second kappa shape index (κ2) is 6.64. The maximum absolute atomic E-state index is 12.8. The third-order valence-corrected chi connectivity index (χ3v) is 3.57. The second-order valence-corrected chi connectivity index (χ2v) is 5.68.